The number of likely N-dealkylation sites (tertiary alicyclic amines) is 1. The van der Waals surface area contributed by atoms with Gasteiger partial charge < -0.3 is 4.90 Å². The fraction of sp³-hybridized carbons (Fsp3) is 0.474. The zero-order valence-electron chi connectivity index (χ0n) is 14.9. The van der Waals surface area contributed by atoms with Gasteiger partial charge in [0.2, 0.25) is 10.0 Å². The van der Waals surface area contributed by atoms with Gasteiger partial charge in [0.1, 0.15) is 0 Å². The van der Waals surface area contributed by atoms with E-state index in [1.807, 2.05) is 37.3 Å². The molecule has 1 aromatic carbocycles. The van der Waals surface area contributed by atoms with Crippen molar-refractivity contribution in [2.45, 2.75) is 37.5 Å². The molecule has 0 bridgehead atoms. The molecule has 2 aromatic rings. The zero-order chi connectivity index (χ0) is 17.9. The molecule has 1 aromatic heterocycles. The van der Waals surface area contributed by atoms with Crippen molar-refractivity contribution in [1.29, 1.82) is 0 Å². The van der Waals surface area contributed by atoms with Gasteiger partial charge in [0.25, 0.3) is 0 Å². The van der Waals surface area contributed by atoms with E-state index in [9.17, 15) is 8.42 Å². The maximum Gasteiger partial charge on any atom is 0.240 e. The highest BCUT2D eigenvalue weighted by molar-refractivity contribution is 7.89. The second-order valence-electron chi connectivity index (χ2n) is 6.80. The largest absolute Gasteiger partial charge is 0.302 e. The minimum Gasteiger partial charge on any atom is -0.302 e. The molecule has 0 saturated carbocycles. The summed E-state index contributed by atoms with van der Waals surface area (Å²) < 4.78 is 27.8. The zero-order valence-corrected chi connectivity index (χ0v) is 16.5. The van der Waals surface area contributed by atoms with Crippen molar-refractivity contribution in [3.63, 3.8) is 0 Å². The number of sulfonamides is 1. The second kappa shape index (κ2) is 7.99. The van der Waals surface area contributed by atoms with Gasteiger partial charge in [-0.3, -0.25) is 0 Å². The van der Waals surface area contributed by atoms with E-state index >= 15 is 0 Å². The number of hydrogen-bond donors (Lipinski definition) is 1. The summed E-state index contributed by atoms with van der Waals surface area (Å²) in [5.74, 6) is 0.669. The normalized spacial score (nSPS) is 17.0. The first-order valence-electron chi connectivity index (χ1n) is 8.78. The van der Waals surface area contributed by atoms with Gasteiger partial charge in [-0.1, -0.05) is 18.2 Å². The van der Waals surface area contributed by atoms with Crippen molar-refractivity contribution in [3.8, 4) is 0 Å². The highest BCUT2D eigenvalue weighted by atomic mass is 32.2. The summed E-state index contributed by atoms with van der Waals surface area (Å²) in [6.07, 6.45) is 2.31. The molecule has 6 heteroatoms. The molecule has 1 aliphatic heterocycles. The molecule has 0 radical (unpaired) electrons. The molecule has 25 heavy (non-hydrogen) atoms. The molecule has 136 valence electrons. The van der Waals surface area contributed by atoms with Crippen molar-refractivity contribution in [2.24, 2.45) is 0 Å². The van der Waals surface area contributed by atoms with Crippen LogP contribution in [0.4, 0.5) is 0 Å². The van der Waals surface area contributed by atoms with Gasteiger partial charge in [-0.15, -0.1) is 11.3 Å². The number of nitrogens with one attached hydrogen (secondary N) is 1. The predicted molar refractivity (Wildman–Crippen MR) is 104 cm³/mol. The molecule has 1 saturated heterocycles. The predicted octanol–water partition coefficient (Wildman–Crippen LogP) is 3.52. The molecule has 4 nitrogen and oxygen atoms in total. The fourth-order valence-electron chi connectivity index (χ4n) is 3.38. The van der Waals surface area contributed by atoms with Crippen molar-refractivity contribution >= 4 is 21.4 Å². The molecule has 0 spiro atoms. The Bertz CT molecular complexity index is 793. The number of nitrogens with zero attached hydrogens (tertiary/aromatic N) is 1. The fourth-order valence-corrected chi connectivity index (χ4v) is 5.63. The van der Waals surface area contributed by atoms with E-state index in [2.05, 4.69) is 27.1 Å². The van der Waals surface area contributed by atoms with Gasteiger partial charge in [-0.25, -0.2) is 13.1 Å². The Kier molecular flexibility index (Phi) is 5.94. The van der Waals surface area contributed by atoms with Crippen LogP contribution in [0.15, 0.2) is 40.6 Å². The van der Waals surface area contributed by atoms with Crippen LogP contribution in [0.1, 0.15) is 34.8 Å². The standard InChI is InChI=1S/C19H26N2O2S2/c1-15-5-6-16(2)19(14-15)25(22,23)20-9-12-21-10-7-17(8-11-21)18-4-3-13-24-18/h3-6,13-14,17,20H,7-12H2,1-2H3. The lowest BCUT2D eigenvalue weighted by Gasteiger charge is -2.31. The van der Waals surface area contributed by atoms with Crippen LogP contribution < -0.4 is 4.72 Å². The summed E-state index contributed by atoms with van der Waals surface area (Å²) in [5, 5.41) is 2.14. The SMILES string of the molecule is Cc1ccc(C)c(S(=O)(=O)NCCN2CCC(c3cccs3)CC2)c1. The van der Waals surface area contributed by atoms with Crippen LogP contribution in [-0.4, -0.2) is 39.5 Å². The van der Waals surface area contributed by atoms with Crippen LogP contribution in [0, 0.1) is 13.8 Å². The Hall–Kier alpha value is -1.21. The van der Waals surface area contributed by atoms with E-state index in [4.69, 9.17) is 0 Å². The maximum atomic E-state index is 12.5. The Balaban J connectivity index is 1.49. The van der Waals surface area contributed by atoms with E-state index in [1.54, 1.807) is 6.07 Å². The monoisotopic (exact) mass is 378 g/mol. The number of hydrogen-bond acceptors (Lipinski definition) is 4. The molecule has 1 N–H and O–H groups in total. The van der Waals surface area contributed by atoms with E-state index in [1.165, 1.54) is 4.88 Å². The average molecular weight is 379 g/mol. The van der Waals surface area contributed by atoms with Crippen LogP contribution in [0.25, 0.3) is 0 Å². The van der Waals surface area contributed by atoms with Crippen LogP contribution in [0.5, 0.6) is 0 Å². The van der Waals surface area contributed by atoms with Gasteiger partial charge >= 0.3 is 0 Å². The second-order valence-corrected chi connectivity index (χ2v) is 9.51. The van der Waals surface area contributed by atoms with E-state index in [0.29, 0.717) is 17.4 Å². The summed E-state index contributed by atoms with van der Waals surface area (Å²) in [6, 6.07) is 9.88. The third-order valence-corrected chi connectivity index (χ3v) is 7.52. The molecule has 0 atom stereocenters. The first-order chi connectivity index (χ1) is 12.0. The average Bonchev–Trinajstić information content (AvgIpc) is 3.12. The topological polar surface area (TPSA) is 49.4 Å². The molecule has 0 unspecified atom stereocenters. The van der Waals surface area contributed by atoms with Gasteiger partial charge in [0.05, 0.1) is 4.90 Å². The minimum atomic E-state index is -3.44. The third-order valence-electron chi connectivity index (χ3n) is 4.89. The quantitative estimate of drug-likeness (QED) is 0.837. The Labute approximate surface area is 154 Å². The number of piperidine rings is 1. The van der Waals surface area contributed by atoms with Crippen LogP contribution in [-0.2, 0) is 10.0 Å². The number of thiophene rings is 1. The lowest BCUT2D eigenvalue weighted by atomic mass is 9.95. The molecule has 3 rings (SSSR count). The Morgan fingerprint density at radius 3 is 2.64 bits per heavy atom. The lowest BCUT2D eigenvalue weighted by Crippen LogP contribution is -2.39. The smallest absolute Gasteiger partial charge is 0.240 e. The van der Waals surface area contributed by atoms with E-state index in [0.717, 1.165) is 43.6 Å². The summed E-state index contributed by atoms with van der Waals surface area (Å²) in [6.45, 7) is 7.04. The highest BCUT2D eigenvalue weighted by Gasteiger charge is 2.22. The molecular weight excluding hydrogens is 352 g/mol. The van der Waals surface area contributed by atoms with Crippen molar-refractivity contribution < 1.29 is 8.42 Å². The summed E-state index contributed by atoms with van der Waals surface area (Å²) in [5.41, 5.74) is 1.75. The first kappa shape index (κ1) is 18.6. The van der Waals surface area contributed by atoms with E-state index < -0.39 is 10.0 Å². The Morgan fingerprint density at radius 2 is 1.96 bits per heavy atom. The Morgan fingerprint density at radius 1 is 1.20 bits per heavy atom. The molecule has 0 amide bonds. The summed E-state index contributed by atoms with van der Waals surface area (Å²) in [4.78, 5) is 4.23. The van der Waals surface area contributed by atoms with Gasteiger partial charge in [-0.05, 0) is 74.3 Å². The number of rotatable bonds is 6. The number of benzene rings is 1. The van der Waals surface area contributed by atoms with Crippen molar-refractivity contribution in [1.82, 2.24) is 9.62 Å². The third kappa shape index (κ3) is 4.70. The number of aryl methyl sites for hydroxylation is 2. The van der Waals surface area contributed by atoms with Crippen LogP contribution in [0.3, 0.4) is 0 Å². The van der Waals surface area contributed by atoms with Gasteiger partial charge in [0.15, 0.2) is 0 Å². The minimum absolute atomic E-state index is 0.393. The van der Waals surface area contributed by atoms with Gasteiger partial charge in [-0.2, -0.15) is 0 Å². The molecule has 0 aliphatic carbocycles. The molecular formula is C19H26N2O2S2. The first-order valence-corrected chi connectivity index (χ1v) is 11.1. The molecule has 1 fully saturated rings. The van der Waals surface area contributed by atoms with Crippen LogP contribution in [0.2, 0.25) is 0 Å². The lowest BCUT2D eigenvalue weighted by molar-refractivity contribution is 0.217. The van der Waals surface area contributed by atoms with Crippen molar-refractivity contribution in [2.75, 3.05) is 26.2 Å². The van der Waals surface area contributed by atoms with Crippen LogP contribution >= 0.6 is 11.3 Å². The molecule has 1 aliphatic rings. The van der Waals surface area contributed by atoms with Gasteiger partial charge in [0, 0.05) is 18.0 Å². The van der Waals surface area contributed by atoms with Crippen molar-refractivity contribution in [3.05, 3.63) is 51.7 Å². The highest BCUT2D eigenvalue weighted by Crippen LogP contribution is 2.30. The summed E-state index contributed by atoms with van der Waals surface area (Å²) in [7, 11) is -3.44. The van der Waals surface area contributed by atoms with E-state index in [-0.39, 0.29) is 0 Å². The summed E-state index contributed by atoms with van der Waals surface area (Å²) >= 11 is 1.84. The molecule has 2 heterocycles. The maximum absolute atomic E-state index is 12.5.